The minimum Gasteiger partial charge on any atom is -0.489 e. The van der Waals surface area contributed by atoms with Crippen LogP contribution in [-0.2, 0) is 10.2 Å². The number of fused-ring (bicyclic) bond motifs is 1. The molecule has 3 aliphatic rings. The molecule has 2 aliphatic carbocycles. The Balaban J connectivity index is 1.48. The quantitative estimate of drug-likeness (QED) is 0.840. The van der Waals surface area contributed by atoms with Crippen LogP contribution in [0.25, 0.3) is 0 Å². The van der Waals surface area contributed by atoms with Gasteiger partial charge >= 0.3 is 10.2 Å². The predicted octanol–water partition coefficient (Wildman–Crippen LogP) is 2.34. The van der Waals surface area contributed by atoms with Crippen molar-refractivity contribution in [3.8, 4) is 5.75 Å². The van der Waals surface area contributed by atoms with Crippen LogP contribution in [0.15, 0.2) is 12.1 Å². The molecule has 1 N–H and O–H groups in total. The lowest BCUT2D eigenvalue weighted by Gasteiger charge is -2.29. The summed E-state index contributed by atoms with van der Waals surface area (Å²) >= 11 is 6.11. The second-order valence-electron chi connectivity index (χ2n) is 6.92. The largest absolute Gasteiger partial charge is 0.489 e. The Morgan fingerprint density at radius 1 is 1.24 bits per heavy atom. The van der Waals surface area contributed by atoms with Gasteiger partial charge in [0.1, 0.15) is 11.6 Å². The molecule has 1 heterocycles. The van der Waals surface area contributed by atoms with E-state index in [2.05, 4.69) is 0 Å². The van der Waals surface area contributed by atoms with Crippen LogP contribution < -0.4 is 9.46 Å². The minimum atomic E-state index is -3.94. The summed E-state index contributed by atoms with van der Waals surface area (Å²) in [5.74, 6) is -0.290. The van der Waals surface area contributed by atoms with Gasteiger partial charge in [-0.1, -0.05) is 11.6 Å². The van der Waals surface area contributed by atoms with Crippen molar-refractivity contribution in [1.29, 1.82) is 0 Å². The smallest absolute Gasteiger partial charge is 0.304 e. The zero-order chi connectivity index (χ0) is 17.8. The summed E-state index contributed by atoms with van der Waals surface area (Å²) in [6.07, 6.45) is 3.89. The molecule has 1 aromatic carbocycles. The number of ether oxygens (including phenoxy) is 1. The monoisotopic (exact) mass is 388 g/mol. The summed E-state index contributed by atoms with van der Waals surface area (Å²) in [7, 11) is -3.94. The number of nitrogens with one attached hydrogen (secondary N) is 1. The lowest BCUT2D eigenvalue weighted by Crippen LogP contribution is -2.49. The second kappa shape index (κ2) is 6.10. The van der Waals surface area contributed by atoms with Crippen LogP contribution in [0.5, 0.6) is 5.75 Å². The van der Waals surface area contributed by atoms with Crippen LogP contribution in [-0.4, -0.2) is 37.8 Å². The van der Waals surface area contributed by atoms with Crippen molar-refractivity contribution < 1.29 is 22.3 Å². The summed E-state index contributed by atoms with van der Waals surface area (Å²) in [6.45, 7) is 0.698. The summed E-state index contributed by atoms with van der Waals surface area (Å²) in [6, 6.07) is 2.17. The molecule has 3 fully saturated rings. The van der Waals surface area contributed by atoms with Gasteiger partial charge in [0.05, 0.1) is 16.7 Å². The third-order valence-corrected chi connectivity index (χ3v) is 6.92. The topological polar surface area (TPSA) is 75.7 Å². The maximum atomic E-state index is 14.3. The van der Waals surface area contributed by atoms with Gasteiger partial charge in [0.25, 0.3) is 5.91 Å². The SMILES string of the molecule is O=C(NS(=O)(=O)N1CCC1)c1cc(Cl)c(O[C@@H]2CC3C[C@@H]3C2)cc1F. The lowest BCUT2D eigenvalue weighted by molar-refractivity contribution is 0.0973. The highest BCUT2D eigenvalue weighted by Crippen LogP contribution is 2.52. The average molecular weight is 389 g/mol. The summed E-state index contributed by atoms with van der Waals surface area (Å²) in [5.41, 5.74) is -0.421. The molecule has 1 aliphatic heterocycles. The van der Waals surface area contributed by atoms with Gasteiger partial charge in [-0.05, 0) is 43.6 Å². The number of hydrogen-bond acceptors (Lipinski definition) is 4. The molecule has 3 atom stereocenters. The van der Waals surface area contributed by atoms with Gasteiger partial charge in [-0.3, -0.25) is 4.79 Å². The van der Waals surface area contributed by atoms with E-state index in [1.165, 1.54) is 6.42 Å². The zero-order valence-electron chi connectivity index (χ0n) is 13.4. The van der Waals surface area contributed by atoms with E-state index < -0.39 is 27.5 Å². The molecule has 1 aromatic rings. The van der Waals surface area contributed by atoms with Gasteiger partial charge in [0, 0.05) is 19.2 Å². The van der Waals surface area contributed by atoms with Crippen LogP contribution in [0.2, 0.25) is 5.02 Å². The number of benzene rings is 1. The maximum absolute atomic E-state index is 14.3. The first-order valence-corrected chi connectivity index (χ1v) is 10.1. The van der Waals surface area contributed by atoms with Crippen LogP contribution in [0, 0.1) is 17.7 Å². The molecule has 25 heavy (non-hydrogen) atoms. The molecule has 0 spiro atoms. The molecule has 4 rings (SSSR count). The maximum Gasteiger partial charge on any atom is 0.304 e. The van der Waals surface area contributed by atoms with E-state index in [0.717, 1.165) is 35.7 Å². The Bertz CT molecular complexity index is 818. The third kappa shape index (κ3) is 3.35. The Morgan fingerprint density at radius 3 is 2.52 bits per heavy atom. The fourth-order valence-electron chi connectivity index (χ4n) is 3.49. The van der Waals surface area contributed by atoms with Gasteiger partial charge < -0.3 is 4.74 Å². The van der Waals surface area contributed by atoms with E-state index in [4.69, 9.17) is 16.3 Å². The molecule has 136 valence electrons. The average Bonchev–Trinajstić information content (AvgIpc) is 3.06. The predicted molar refractivity (Wildman–Crippen MR) is 89.2 cm³/mol. The number of hydrogen-bond donors (Lipinski definition) is 1. The number of carbonyl (C=O) groups is 1. The Hall–Kier alpha value is -1.38. The molecular formula is C16H18ClFN2O4S. The second-order valence-corrected chi connectivity index (χ2v) is 9.00. The summed E-state index contributed by atoms with van der Waals surface area (Å²) < 4.78 is 46.9. The first-order valence-electron chi connectivity index (χ1n) is 8.31. The van der Waals surface area contributed by atoms with Crippen molar-refractivity contribution in [3.63, 3.8) is 0 Å². The van der Waals surface area contributed by atoms with Crippen LogP contribution in [0.3, 0.4) is 0 Å². The summed E-state index contributed by atoms with van der Waals surface area (Å²) in [4.78, 5) is 12.1. The van der Waals surface area contributed by atoms with Crippen molar-refractivity contribution in [2.75, 3.05) is 13.1 Å². The Morgan fingerprint density at radius 2 is 1.92 bits per heavy atom. The fourth-order valence-corrected chi connectivity index (χ4v) is 4.91. The molecular weight excluding hydrogens is 371 g/mol. The van der Waals surface area contributed by atoms with Crippen molar-refractivity contribution in [2.24, 2.45) is 11.8 Å². The van der Waals surface area contributed by atoms with Gasteiger partial charge in [-0.25, -0.2) is 9.11 Å². The number of rotatable bonds is 5. The van der Waals surface area contributed by atoms with Crippen molar-refractivity contribution in [3.05, 3.63) is 28.5 Å². The molecule has 1 amide bonds. The number of halogens is 2. The fraction of sp³-hybridized carbons (Fsp3) is 0.562. The van der Waals surface area contributed by atoms with E-state index >= 15 is 0 Å². The highest BCUT2D eigenvalue weighted by molar-refractivity contribution is 7.87. The highest BCUT2D eigenvalue weighted by Gasteiger charge is 2.47. The molecule has 1 unspecified atom stereocenters. The molecule has 0 radical (unpaired) electrons. The molecule has 1 saturated heterocycles. The van der Waals surface area contributed by atoms with Crippen molar-refractivity contribution >= 4 is 27.7 Å². The van der Waals surface area contributed by atoms with Gasteiger partial charge in [-0.15, -0.1) is 0 Å². The molecule has 9 heteroatoms. The van der Waals surface area contributed by atoms with E-state index in [0.29, 0.717) is 24.9 Å². The van der Waals surface area contributed by atoms with Crippen LogP contribution in [0.4, 0.5) is 4.39 Å². The van der Waals surface area contributed by atoms with E-state index in [9.17, 15) is 17.6 Å². The van der Waals surface area contributed by atoms with E-state index in [1.807, 2.05) is 4.72 Å². The first-order chi connectivity index (χ1) is 11.8. The number of carbonyl (C=O) groups excluding carboxylic acids is 1. The Kier molecular flexibility index (Phi) is 4.16. The van der Waals surface area contributed by atoms with Crippen molar-refractivity contribution in [1.82, 2.24) is 9.03 Å². The highest BCUT2D eigenvalue weighted by atomic mass is 35.5. The number of nitrogens with zero attached hydrogens (tertiary/aromatic N) is 1. The lowest BCUT2D eigenvalue weighted by atomic mass is 10.1. The van der Waals surface area contributed by atoms with E-state index in [1.54, 1.807) is 0 Å². The van der Waals surface area contributed by atoms with Crippen molar-refractivity contribution in [2.45, 2.75) is 31.8 Å². The molecule has 2 saturated carbocycles. The van der Waals surface area contributed by atoms with Gasteiger partial charge in [0.2, 0.25) is 0 Å². The van der Waals surface area contributed by atoms with Crippen LogP contribution in [0.1, 0.15) is 36.0 Å². The van der Waals surface area contributed by atoms with Gasteiger partial charge in [-0.2, -0.15) is 12.7 Å². The summed E-state index contributed by atoms with van der Waals surface area (Å²) in [5, 5.41) is 0.0912. The van der Waals surface area contributed by atoms with E-state index in [-0.39, 0.29) is 16.9 Å². The molecule has 0 aromatic heterocycles. The normalized spacial score (nSPS) is 28.2. The molecule has 6 nitrogen and oxygen atoms in total. The minimum absolute atomic E-state index is 0.0205. The third-order valence-electron chi connectivity index (χ3n) is 5.14. The Labute approximate surface area is 150 Å². The number of amides is 1. The van der Waals surface area contributed by atoms with Crippen LogP contribution >= 0.6 is 11.6 Å². The standard InChI is InChI=1S/C16H18ClFN2O4S/c17-13-7-12(16(21)19-25(22,23)20-2-1-3-20)14(18)8-15(13)24-11-5-9-4-10(9)6-11/h7-11H,1-6H2,(H,19,21)/t9-,10?,11+/m1/s1. The van der Waals surface area contributed by atoms with Gasteiger partial charge in [0.15, 0.2) is 0 Å². The first kappa shape index (κ1) is 17.1. The molecule has 0 bridgehead atoms. The zero-order valence-corrected chi connectivity index (χ0v) is 14.9.